The molecule has 1 aliphatic rings. The number of esters is 1. The highest BCUT2D eigenvalue weighted by molar-refractivity contribution is 5.90. The minimum atomic E-state index is -4.91. The molecule has 5 rings (SSSR count). The van der Waals surface area contributed by atoms with Gasteiger partial charge in [0.25, 0.3) is 0 Å². The summed E-state index contributed by atoms with van der Waals surface area (Å²) in [5.41, 5.74) is 0.797. The molecule has 1 aliphatic heterocycles. The Morgan fingerprint density at radius 3 is 2.31 bits per heavy atom. The molecule has 2 aromatic heterocycles. The molecule has 0 unspecified atom stereocenters. The van der Waals surface area contributed by atoms with Crippen LogP contribution in [-0.2, 0) is 17.5 Å². The number of carbonyl (C=O) groups is 1. The van der Waals surface area contributed by atoms with Crippen LogP contribution in [0.5, 0.6) is 5.75 Å². The van der Waals surface area contributed by atoms with E-state index in [1.165, 1.54) is 24.0 Å². The minimum Gasteiger partial charge on any atom is -0.488 e. The van der Waals surface area contributed by atoms with E-state index in [9.17, 15) is 31.1 Å². The van der Waals surface area contributed by atoms with E-state index in [4.69, 9.17) is 9.47 Å². The number of benzene rings is 2. The van der Waals surface area contributed by atoms with Gasteiger partial charge in [-0.3, -0.25) is 4.90 Å². The summed E-state index contributed by atoms with van der Waals surface area (Å²) >= 11 is 0. The van der Waals surface area contributed by atoms with Crippen LogP contribution in [0.3, 0.4) is 0 Å². The number of alkyl halides is 6. The first-order valence-corrected chi connectivity index (χ1v) is 14.3. The number of para-hydroxylation sites is 1. The second-order valence-electron chi connectivity index (χ2n) is 10.6. The molecule has 45 heavy (non-hydrogen) atoms. The summed E-state index contributed by atoms with van der Waals surface area (Å²) in [6, 6.07) is 19.2. The van der Waals surface area contributed by atoms with E-state index in [1.54, 1.807) is 30.3 Å². The zero-order chi connectivity index (χ0) is 32.2. The average Bonchev–Trinajstić information content (AvgIpc) is 3.47. The quantitative estimate of drug-likeness (QED) is 0.141. The lowest BCUT2D eigenvalue weighted by Gasteiger charge is -2.32. The fraction of sp³-hybridized carbons (Fsp3) is 0.344. The SMILES string of the molecule is CCOC(=O)c1cnn(-c2cccc(-c3ccccc3OCc3ccc(C4CCN(CC(F)(F)F)CC4)cc3)n2)c1C(F)(F)F. The lowest BCUT2D eigenvalue weighted by Crippen LogP contribution is -2.39. The molecule has 0 saturated carbocycles. The predicted molar refractivity (Wildman–Crippen MR) is 153 cm³/mol. The molecule has 3 heterocycles. The number of hydrogen-bond donors (Lipinski definition) is 0. The zero-order valence-electron chi connectivity index (χ0n) is 24.2. The summed E-state index contributed by atoms with van der Waals surface area (Å²) in [5.74, 6) is -0.646. The van der Waals surface area contributed by atoms with Gasteiger partial charge in [-0.2, -0.15) is 31.4 Å². The molecule has 0 atom stereocenters. The van der Waals surface area contributed by atoms with Gasteiger partial charge < -0.3 is 9.47 Å². The highest BCUT2D eigenvalue weighted by atomic mass is 19.4. The number of aromatic nitrogens is 3. The summed E-state index contributed by atoms with van der Waals surface area (Å²) in [7, 11) is 0. The number of piperidine rings is 1. The summed E-state index contributed by atoms with van der Waals surface area (Å²) < 4.78 is 91.6. The summed E-state index contributed by atoms with van der Waals surface area (Å²) in [5, 5.41) is 3.80. The van der Waals surface area contributed by atoms with Crippen molar-refractivity contribution in [2.75, 3.05) is 26.2 Å². The highest BCUT2D eigenvalue weighted by Gasteiger charge is 2.41. The van der Waals surface area contributed by atoms with Gasteiger partial charge in [-0.15, -0.1) is 0 Å². The largest absolute Gasteiger partial charge is 0.488 e. The van der Waals surface area contributed by atoms with Crippen molar-refractivity contribution in [2.45, 2.75) is 44.6 Å². The number of ether oxygens (including phenoxy) is 2. The van der Waals surface area contributed by atoms with Crippen molar-refractivity contribution in [1.29, 1.82) is 0 Å². The van der Waals surface area contributed by atoms with Crippen LogP contribution in [0.4, 0.5) is 26.3 Å². The van der Waals surface area contributed by atoms with Crippen LogP contribution in [0.1, 0.15) is 52.9 Å². The smallest absolute Gasteiger partial charge is 0.434 e. The molecule has 13 heteroatoms. The average molecular weight is 633 g/mol. The molecule has 0 N–H and O–H groups in total. The van der Waals surface area contributed by atoms with Gasteiger partial charge in [-0.1, -0.05) is 42.5 Å². The van der Waals surface area contributed by atoms with Crippen molar-refractivity contribution in [3.63, 3.8) is 0 Å². The molecule has 0 amide bonds. The second kappa shape index (κ2) is 13.3. The van der Waals surface area contributed by atoms with Crippen molar-refractivity contribution in [1.82, 2.24) is 19.7 Å². The van der Waals surface area contributed by atoms with Crippen molar-refractivity contribution in [3.8, 4) is 22.8 Å². The van der Waals surface area contributed by atoms with Gasteiger partial charge in [0.1, 0.15) is 17.9 Å². The monoisotopic (exact) mass is 632 g/mol. The van der Waals surface area contributed by atoms with Crippen LogP contribution in [0.2, 0.25) is 0 Å². The van der Waals surface area contributed by atoms with Crippen molar-refractivity contribution in [3.05, 3.63) is 95.3 Å². The Morgan fingerprint density at radius 2 is 1.64 bits per heavy atom. The first kappa shape index (κ1) is 32.0. The van der Waals surface area contributed by atoms with Crippen LogP contribution in [-0.4, -0.2) is 58.1 Å². The maximum atomic E-state index is 14.0. The summed E-state index contributed by atoms with van der Waals surface area (Å²) in [6.07, 6.45) is -6.99. The van der Waals surface area contributed by atoms with Crippen molar-refractivity contribution >= 4 is 5.97 Å². The van der Waals surface area contributed by atoms with Crippen LogP contribution < -0.4 is 4.74 Å². The highest BCUT2D eigenvalue weighted by Crippen LogP contribution is 2.35. The van der Waals surface area contributed by atoms with Crippen molar-refractivity contribution < 1.29 is 40.6 Å². The van der Waals surface area contributed by atoms with Gasteiger partial charge in [0, 0.05) is 5.56 Å². The molecule has 0 spiro atoms. The standard InChI is InChI=1S/C32H30F6N4O3/c1-2-44-30(43)25-18-39-42(29(25)32(36,37)38)28-9-5-7-26(40-28)24-6-3-4-8-27(24)45-19-21-10-12-22(13-11-21)23-14-16-41(17-15-23)20-31(33,34)35/h3-13,18,23H,2,14-17,19-20H2,1H3. The van der Waals surface area contributed by atoms with E-state index in [-0.39, 0.29) is 24.9 Å². The molecular weight excluding hydrogens is 602 g/mol. The van der Waals surface area contributed by atoms with Crippen LogP contribution in [0, 0.1) is 0 Å². The number of nitrogens with zero attached hydrogens (tertiary/aromatic N) is 4. The molecule has 238 valence electrons. The molecule has 0 aliphatic carbocycles. The predicted octanol–water partition coefficient (Wildman–Crippen LogP) is 7.45. The number of pyridine rings is 1. The van der Waals surface area contributed by atoms with Gasteiger partial charge in [-0.25, -0.2) is 14.5 Å². The second-order valence-corrected chi connectivity index (χ2v) is 10.6. The number of halogens is 6. The maximum Gasteiger partial charge on any atom is 0.434 e. The molecule has 1 saturated heterocycles. The third-order valence-electron chi connectivity index (χ3n) is 7.48. The van der Waals surface area contributed by atoms with Gasteiger partial charge in [-0.05, 0) is 74.2 Å². The van der Waals surface area contributed by atoms with E-state index in [2.05, 4.69) is 10.1 Å². The molecule has 1 fully saturated rings. The Morgan fingerprint density at radius 1 is 0.933 bits per heavy atom. The van der Waals surface area contributed by atoms with E-state index in [0.717, 1.165) is 17.3 Å². The fourth-order valence-electron chi connectivity index (χ4n) is 5.37. The van der Waals surface area contributed by atoms with E-state index >= 15 is 0 Å². The maximum absolute atomic E-state index is 14.0. The first-order valence-electron chi connectivity index (χ1n) is 14.3. The topological polar surface area (TPSA) is 69.5 Å². The molecule has 7 nitrogen and oxygen atoms in total. The third kappa shape index (κ3) is 7.83. The van der Waals surface area contributed by atoms with E-state index in [1.807, 2.05) is 24.3 Å². The number of carbonyl (C=O) groups excluding carboxylic acids is 1. The third-order valence-corrected chi connectivity index (χ3v) is 7.48. The Hall–Kier alpha value is -4.39. The molecule has 0 radical (unpaired) electrons. The normalized spacial score (nSPS) is 14.8. The van der Waals surface area contributed by atoms with Crippen LogP contribution >= 0.6 is 0 Å². The Kier molecular flexibility index (Phi) is 9.47. The Balaban J connectivity index is 1.30. The summed E-state index contributed by atoms with van der Waals surface area (Å²) in [6.45, 7) is 1.50. The van der Waals surface area contributed by atoms with Crippen LogP contribution in [0.25, 0.3) is 17.1 Å². The first-order chi connectivity index (χ1) is 21.4. The van der Waals surface area contributed by atoms with Crippen molar-refractivity contribution in [2.24, 2.45) is 0 Å². The fourth-order valence-corrected chi connectivity index (χ4v) is 5.37. The lowest BCUT2D eigenvalue weighted by molar-refractivity contribution is -0.148. The Bertz CT molecular complexity index is 1610. The number of rotatable bonds is 9. The van der Waals surface area contributed by atoms with Gasteiger partial charge in [0.2, 0.25) is 0 Å². The van der Waals surface area contributed by atoms with E-state index in [0.29, 0.717) is 47.6 Å². The van der Waals surface area contributed by atoms with Gasteiger partial charge >= 0.3 is 18.3 Å². The zero-order valence-corrected chi connectivity index (χ0v) is 24.2. The Labute approximate surface area is 255 Å². The van der Waals surface area contributed by atoms with E-state index < -0.39 is 36.1 Å². The number of likely N-dealkylation sites (tertiary alicyclic amines) is 1. The molecule has 2 aromatic carbocycles. The van der Waals surface area contributed by atoms with Gasteiger partial charge in [0.05, 0.1) is 25.0 Å². The van der Waals surface area contributed by atoms with Gasteiger partial charge in [0.15, 0.2) is 11.5 Å². The molecule has 0 bridgehead atoms. The summed E-state index contributed by atoms with van der Waals surface area (Å²) in [4.78, 5) is 18.0. The van der Waals surface area contributed by atoms with Crippen LogP contribution in [0.15, 0.2) is 72.9 Å². The molecule has 4 aromatic rings. The molecular formula is C32H30F6N4O3. The number of hydrogen-bond acceptors (Lipinski definition) is 6. The minimum absolute atomic E-state index is 0.0936. The lowest BCUT2D eigenvalue weighted by atomic mass is 9.89.